The molecule has 1 aromatic rings. The molecule has 0 saturated heterocycles. The van der Waals surface area contributed by atoms with Crippen LogP contribution in [0.2, 0.25) is 0 Å². The van der Waals surface area contributed by atoms with Gasteiger partial charge in [0.25, 0.3) is 0 Å². The second kappa shape index (κ2) is 4.12. The SMILES string of the molecule is CC(Nc1ccccc1C(C)(C)C)C1CC1. The summed E-state index contributed by atoms with van der Waals surface area (Å²) in [5, 5.41) is 3.68. The highest BCUT2D eigenvalue weighted by atomic mass is 14.9. The molecule has 0 heterocycles. The zero-order valence-corrected chi connectivity index (χ0v) is 10.9. The Morgan fingerprint density at radius 3 is 2.38 bits per heavy atom. The molecule has 16 heavy (non-hydrogen) atoms. The zero-order chi connectivity index (χ0) is 11.8. The van der Waals surface area contributed by atoms with E-state index in [0.717, 1.165) is 5.92 Å². The molecule has 2 rings (SSSR count). The zero-order valence-electron chi connectivity index (χ0n) is 10.9. The number of benzene rings is 1. The van der Waals surface area contributed by atoms with Crippen molar-refractivity contribution in [2.24, 2.45) is 5.92 Å². The van der Waals surface area contributed by atoms with E-state index < -0.39 is 0 Å². The van der Waals surface area contributed by atoms with Gasteiger partial charge in [0.05, 0.1) is 0 Å². The lowest BCUT2D eigenvalue weighted by Crippen LogP contribution is -2.21. The van der Waals surface area contributed by atoms with Crippen molar-refractivity contribution in [3.8, 4) is 0 Å². The van der Waals surface area contributed by atoms with Crippen LogP contribution in [0.15, 0.2) is 24.3 Å². The molecule has 0 spiro atoms. The van der Waals surface area contributed by atoms with E-state index in [9.17, 15) is 0 Å². The third-order valence-electron chi connectivity index (χ3n) is 3.45. The fraction of sp³-hybridized carbons (Fsp3) is 0.600. The maximum Gasteiger partial charge on any atom is 0.0380 e. The van der Waals surface area contributed by atoms with Gasteiger partial charge in [0.15, 0.2) is 0 Å². The summed E-state index contributed by atoms with van der Waals surface area (Å²) in [6.45, 7) is 9.12. The third kappa shape index (κ3) is 2.58. The molecule has 1 heteroatoms. The Labute approximate surface area is 99.3 Å². The minimum atomic E-state index is 0.215. The van der Waals surface area contributed by atoms with Crippen LogP contribution in [0.3, 0.4) is 0 Å². The van der Waals surface area contributed by atoms with E-state index in [0.29, 0.717) is 6.04 Å². The van der Waals surface area contributed by atoms with Crippen LogP contribution in [0.1, 0.15) is 46.1 Å². The minimum absolute atomic E-state index is 0.215. The quantitative estimate of drug-likeness (QED) is 0.800. The van der Waals surface area contributed by atoms with Crippen molar-refractivity contribution in [2.45, 2.75) is 52.0 Å². The van der Waals surface area contributed by atoms with Crippen LogP contribution in [0, 0.1) is 5.92 Å². The number of rotatable bonds is 3. The highest BCUT2D eigenvalue weighted by molar-refractivity contribution is 5.54. The third-order valence-corrected chi connectivity index (χ3v) is 3.45. The molecule has 1 fully saturated rings. The van der Waals surface area contributed by atoms with Gasteiger partial charge in [-0.15, -0.1) is 0 Å². The summed E-state index contributed by atoms with van der Waals surface area (Å²) in [5.41, 5.74) is 2.95. The molecule has 88 valence electrons. The van der Waals surface area contributed by atoms with E-state index >= 15 is 0 Å². The lowest BCUT2D eigenvalue weighted by Gasteiger charge is -2.25. The molecule has 1 atom stereocenters. The number of anilines is 1. The van der Waals surface area contributed by atoms with E-state index in [1.54, 1.807) is 0 Å². The standard InChI is InChI=1S/C15H23N/c1-11(12-9-10-12)16-14-8-6-5-7-13(14)15(2,3)4/h5-8,11-12,16H,9-10H2,1-4H3. The van der Waals surface area contributed by atoms with Gasteiger partial charge in [0.1, 0.15) is 0 Å². The van der Waals surface area contributed by atoms with Crippen LogP contribution in [0.25, 0.3) is 0 Å². The first-order chi connectivity index (χ1) is 7.48. The van der Waals surface area contributed by atoms with Gasteiger partial charge < -0.3 is 5.32 Å². The summed E-state index contributed by atoms with van der Waals surface area (Å²) in [4.78, 5) is 0. The van der Waals surface area contributed by atoms with Gasteiger partial charge in [-0.3, -0.25) is 0 Å². The Morgan fingerprint density at radius 2 is 1.81 bits per heavy atom. The number of hydrogen-bond donors (Lipinski definition) is 1. The summed E-state index contributed by atoms with van der Waals surface area (Å²) in [6, 6.07) is 9.31. The minimum Gasteiger partial charge on any atom is -0.382 e. The smallest absolute Gasteiger partial charge is 0.0380 e. The van der Waals surface area contributed by atoms with Crippen LogP contribution in [0.5, 0.6) is 0 Å². The van der Waals surface area contributed by atoms with Crippen molar-refractivity contribution < 1.29 is 0 Å². The first-order valence-corrected chi connectivity index (χ1v) is 6.34. The molecule has 0 bridgehead atoms. The molecule has 0 aromatic heterocycles. The van der Waals surface area contributed by atoms with Crippen molar-refractivity contribution in [1.82, 2.24) is 0 Å². The van der Waals surface area contributed by atoms with Gasteiger partial charge >= 0.3 is 0 Å². The molecule has 1 aromatic carbocycles. The summed E-state index contributed by atoms with van der Waals surface area (Å²) >= 11 is 0. The second-order valence-corrected chi connectivity index (χ2v) is 6.07. The number of nitrogens with one attached hydrogen (secondary N) is 1. The van der Waals surface area contributed by atoms with Crippen molar-refractivity contribution in [3.63, 3.8) is 0 Å². The van der Waals surface area contributed by atoms with Gasteiger partial charge in [-0.1, -0.05) is 39.0 Å². The molecule has 0 radical (unpaired) electrons. The van der Waals surface area contributed by atoms with E-state index in [1.807, 2.05) is 0 Å². The Kier molecular flexibility index (Phi) is 2.96. The lowest BCUT2D eigenvalue weighted by atomic mass is 9.85. The Hall–Kier alpha value is -0.980. The van der Waals surface area contributed by atoms with Gasteiger partial charge in [0, 0.05) is 11.7 Å². The van der Waals surface area contributed by atoms with Crippen LogP contribution in [0.4, 0.5) is 5.69 Å². The molecule has 0 aliphatic heterocycles. The fourth-order valence-corrected chi connectivity index (χ4v) is 2.22. The van der Waals surface area contributed by atoms with Gasteiger partial charge in [0.2, 0.25) is 0 Å². The first kappa shape index (κ1) is 11.5. The van der Waals surface area contributed by atoms with Crippen molar-refractivity contribution >= 4 is 5.69 Å². The summed E-state index contributed by atoms with van der Waals surface area (Å²) < 4.78 is 0. The number of para-hydroxylation sites is 1. The van der Waals surface area contributed by atoms with E-state index in [1.165, 1.54) is 24.1 Å². The van der Waals surface area contributed by atoms with Crippen molar-refractivity contribution in [3.05, 3.63) is 29.8 Å². The molecular formula is C15H23N. The first-order valence-electron chi connectivity index (χ1n) is 6.34. The predicted octanol–water partition coefficient (Wildman–Crippen LogP) is 4.19. The Morgan fingerprint density at radius 1 is 1.19 bits per heavy atom. The number of hydrogen-bond acceptors (Lipinski definition) is 1. The van der Waals surface area contributed by atoms with Gasteiger partial charge in [-0.25, -0.2) is 0 Å². The molecule has 1 aliphatic carbocycles. The van der Waals surface area contributed by atoms with Crippen molar-refractivity contribution in [1.29, 1.82) is 0 Å². The Balaban J connectivity index is 2.19. The molecule has 1 saturated carbocycles. The Bertz CT molecular complexity index is 358. The highest BCUT2D eigenvalue weighted by Gasteiger charge is 2.28. The summed E-state index contributed by atoms with van der Waals surface area (Å²) in [5.74, 6) is 0.896. The molecular weight excluding hydrogens is 194 g/mol. The largest absolute Gasteiger partial charge is 0.382 e. The molecule has 1 aliphatic rings. The topological polar surface area (TPSA) is 12.0 Å². The normalized spacial score (nSPS) is 18.2. The molecule has 1 nitrogen and oxygen atoms in total. The van der Waals surface area contributed by atoms with Crippen LogP contribution in [-0.4, -0.2) is 6.04 Å². The van der Waals surface area contributed by atoms with E-state index in [4.69, 9.17) is 0 Å². The van der Waals surface area contributed by atoms with Crippen LogP contribution >= 0.6 is 0 Å². The lowest BCUT2D eigenvalue weighted by molar-refractivity contribution is 0.588. The van der Waals surface area contributed by atoms with Crippen LogP contribution in [-0.2, 0) is 5.41 Å². The van der Waals surface area contributed by atoms with E-state index in [2.05, 4.69) is 57.3 Å². The highest BCUT2D eigenvalue weighted by Crippen LogP contribution is 2.36. The fourth-order valence-electron chi connectivity index (χ4n) is 2.22. The van der Waals surface area contributed by atoms with E-state index in [-0.39, 0.29) is 5.41 Å². The maximum atomic E-state index is 3.68. The maximum absolute atomic E-state index is 3.68. The average molecular weight is 217 g/mol. The summed E-state index contributed by atoms with van der Waals surface area (Å²) in [6.07, 6.45) is 2.79. The predicted molar refractivity (Wildman–Crippen MR) is 71.0 cm³/mol. The molecule has 0 amide bonds. The van der Waals surface area contributed by atoms with Crippen LogP contribution < -0.4 is 5.32 Å². The van der Waals surface area contributed by atoms with Crippen molar-refractivity contribution in [2.75, 3.05) is 5.32 Å². The van der Waals surface area contributed by atoms with Gasteiger partial charge in [-0.05, 0) is 42.7 Å². The average Bonchev–Trinajstić information content (AvgIpc) is 2.99. The molecule has 1 N–H and O–H groups in total. The second-order valence-electron chi connectivity index (χ2n) is 6.07. The molecule has 1 unspecified atom stereocenters. The van der Waals surface area contributed by atoms with Gasteiger partial charge in [-0.2, -0.15) is 0 Å². The summed E-state index contributed by atoms with van der Waals surface area (Å²) in [7, 11) is 0. The monoisotopic (exact) mass is 217 g/mol.